The third kappa shape index (κ3) is 5.12. The van der Waals surface area contributed by atoms with Gasteiger partial charge >= 0.3 is 0 Å². The van der Waals surface area contributed by atoms with Crippen LogP contribution in [0.2, 0.25) is 5.02 Å². The quantitative estimate of drug-likeness (QED) is 0.692. The van der Waals surface area contributed by atoms with Crippen LogP contribution in [0.4, 0.5) is 0 Å². The van der Waals surface area contributed by atoms with Crippen molar-refractivity contribution in [2.24, 2.45) is 0 Å². The molecule has 2 heterocycles. The van der Waals surface area contributed by atoms with E-state index in [4.69, 9.17) is 11.6 Å². The summed E-state index contributed by atoms with van der Waals surface area (Å²) < 4.78 is 29.4. The zero-order valence-corrected chi connectivity index (χ0v) is 17.3. The zero-order valence-electron chi connectivity index (χ0n) is 15.7. The lowest BCUT2D eigenvalue weighted by atomic mass is 10.2. The van der Waals surface area contributed by atoms with Crippen molar-refractivity contribution in [3.05, 3.63) is 47.5 Å². The predicted octanol–water partition coefficient (Wildman–Crippen LogP) is 2.92. The molecule has 0 aliphatic carbocycles. The Hall–Kier alpha value is -1.90. The van der Waals surface area contributed by atoms with E-state index < -0.39 is 10.0 Å². The molecule has 1 aromatic heterocycles. The van der Waals surface area contributed by atoms with Gasteiger partial charge in [-0.2, -0.15) is 4.31 Å². The number of aryl methyl sites for hydroxylation is 1. The van der Waals surface area contributed by atoms with Crippen molar-refractivity contribution in [2.45, 2.75) is 43.5 Å². The van der Waals surface area contributed by atoms with Crippen LogP contribution in [0.5, 0.6) is 0 Å². The maximum Gasteiger partial charge on any atom is 0.252 e. The van der Waals surface area contributed by atoms with Crippen molar-refractivity contribution >= 4 is 27.5 Å². The summed E-state index contributed by atoms with van der Waals surface area (Å²) in [5, 5.41) is 3.04. The van der Waals surface area contributed by atoms with Crippen molar-refractivity contribution in [1.29, 1.82) is 0 Å². The molecule has 2 aromatic rings. The van der Waals surface area contributed by atoms with E-state index in [1.165, 1.54) is 22.5 Å². The summed E-state index contributed by atoms with van der Waals surface area (Å²) in [5.41, 5.74) is 0.181. The second kappa shape index (κ2) is 9.54. The monoisotopic (exact) mass is 424 g/mol. The van der Waals surface area contributed by atoms with Gasteiger partial charge in [0.25, 0.3) is 5.91 Å². The molecule has 1 aliphatic rings. The topological polar surface area (TPSA) is 84.3 Å². The molecule has 152 valence electrons. The second-order valence-electron chi connectivity index (χ2n) is 6.87. The highest BCUT2D eigenvalue weighted by Gasteiger charge is 2.26. The summed E-state index contributed by atoms with van der Waals surface area (Å²) in [6, 6.07) is 4.33. The number of nitrogens with one attached hydrogen (secondary N) is 1. The predicted molar refractivity (Wildman–Crippen MR) is 108 cm³/mol. The molecule has 1 saturated heterocycles. The third-order valence-electron chi connectivity index (χ3n) is 4.82. The first kappa shape index (κ1) is 20.8. The number of sulfonamides is 1. The molecule has 0 unspecified atom stereocenters. The fourth-order valence-corrected chi connectivity index (χ4v) is 4.99. The molecule has 0 radical (unpaired) electrons. The number of benzene rings is 1. The third-order valence-corrected chi connectivity index (χ3v) is 7.05. The number of aromatic nitrogens is 2. The van der Waals surface area contributed by atoms with Crippen LogP contribution >= 0.6 is 11.6 Å². The summed E-state index contributed by atoms with van der Waals surface area (Å²) >= 11 is 6.17. The number of carbonyl (C=O) groups is 1. The van der Waals surface area contributed by atoms with E-state index >= 15 is 0 Å². The Morgan fingerprint density at radius 2 is 1.93 bits per heavy atom. The maximum atomic E-state index is 13.0. The van der Waals surface area contributed by atoms with Gasteiger partial charge in [0.2, 0.25) is 10.0 Å². The summed E-state index contributed by atoms with van der Waals surface area (Å²) in [5.74, 6) is -0.372. The smallest absolute Gasteiger partial charge is 0.252 e. The number of hydrogen-bond acceptors (Lipinski definition) is 4. The molecule has 28 heavy (non-hydrogen) atoms. The minimum atomic E-state index is -3.63. The minimum absolute atomic E-state index is 0.113. The lowest BCUT2D eigenvalue weighted by molar-refractivity contribution is 0.0952. The highest BCUT2D eigenvalue weighted by molar-refractivity contribution is 7.89. The number of hydrogen-bond donors (Lipinski definition) is 1. The molecule has 0 atom stereocenters. The number of halogens is 1. The van der Waals surface area contributed by atoms with Gasteiger partial charge in [-0.25, -0.2) is 13.4 Å². The fraction of sp³-hybridized carbons (Fsp3) is 0.474. The van der Waals surface area contributed by atoms with E-state index in [0.29, 0.717) is 19.6 Å². The average Bonchev–Trinajstić information content (AvgIpc) is 3.04. The van der Waals surface area contributed by atoms with Crippen molar-refractivity contribution in [3.8, 4) is 0 Å². The Morgan fingerprint density at radius 1 is 1.18 bits per heavy atom. The number of amides is 1. The first-order valence-electron chi connectivity index (χ1n) is 9.52. The van der Waals surface area contributed by atoms with Crippen LogP contribution < -0.4 is 5.32 Å². The minimum Gasteiger partial charge on any atom is -0.352 e. The molecule has 0 saturated carbocycles. The van der Waals surface area contributed by atoms with E-state index in [1.807, 2.05) is 10.8 Å². The van der Waals surface area contributed by atoms with Crippen molar-refractivity contribution in [3.63, 3.8) is 0 Å². The van der Waals surface area contributed by atoms with Gasteiger partial charge < -0.3 is 9.88 Å². The molecule has 0 spiro atoms. The van der Waals surface area contributed by atoms with E-state index in [0.717, 1.165) is 38.6 Å². The average molecular weight is 425 g/mol. The van der Waals surface area contributed by atoms with Crippen LogP contribution in [-0.2, 0) is 16.6 Å². The molecule has 1 N–H and O–H groups in total. The molecule has 7 nitrogen and oxygen atoms in total. The van der Waals surface area contributed by atoms with Crippen molar-refractivity contribution < 1.29 is 13.2 Å². The van der Waals surface area contributed by atoms with Gasteiger partial charge in [-0.1, -0.05) is 24.4 Å². The van der Waals surface area contributed by atoms with Gasteiger partial charge in [0.05, 0.1) is 21.8 Å². The van der Waals surface area contributed by atoms with Crippen LogP contribution in [0.15, 0.2) is 41.8 Å². The lowest BCUT2D eigenvalue weighted by Crippen LogP contribution is -2.32. The van der Waals surface area contributed by atoms with E-state index in [9.17, 15) is 13.2 Å². The molecule has 1 aliphatic heterocycles. The summed E-state index contributed by atoms with van der Waals surface area (Å²) in [6.45, 7) is 2.22. The molecule has 3 rings (SSSR count). The highest BCUT2D eigenvalue weighted by atomic mass is 35.5. The van der Waals surface area contributed by atoms with Crippen molar-refractivity contribution in [1.82, 2.24) is 19.2 Å². The largest absolute Gasteiger partial charge is 0.352 e. The van der Waals surface area contributed by atoms with Gasteiger partial charge in [-0.05, 0) is 37.5 Å². The van der Waals surface area contributed by atoms with Crippen LogP contribution in [0, 0.1) is 0 Å². The number of rotatable bonds is 7. The van der Waals surface area contributed by atoms with E-state index in [1.54, 1.807) is 12.5 Å². The van der Waals surface area contributed by atoms with Crippen LogP contribution in [0.25, 0.3) is 0 Å². The van der Waals surface area contributed by atoms with E-state index in [-0.39, 0.29) is 21.4 Å². The fourth-order valence-electron chi connectivity index (χ4n) is 3.25. The summed E-state index contributed by atoms with van der Waals surface area (Å²) in [4.78, 5) is 16.6. The van der Waals surface area contributed by atoms with Crippen LogP contribution in [0.3, 0.4) is 0 Å². The van der Waals surface area contributed by atoms with Gasteiger partial charge in [0.15, 0.2) is 0 Å². The molecule has 1 amide bonds. The normalized spacial score (nSPS) is 15.9. The zero-order chi connectivity index (χ0) is 20.0. The molecule has 1 fully saturated rings. The number of imidazole rings is 1. The first-order chi connectivity index (χ1) is 13.5. The van der Waals surface area contributed by atoms with Crippen LogP contribution in [0.1, 0.15) is 42.5 Å². The van der Waals surface area contributed by atoms with Crippen molar-refractivity contribution in [2.75, 3.05) is 19.6 Å². The standard InChI is InChI=1S/C19H25ClN4O3S/c20-18-7-6-16(28(26,27)24-11-3-1-2-4-12-24)14-17(18)19(25)22-8-5-10-23-13-9-21-15-23/h6-7,9,13-15H,1-5,8,10-12H2,(H,22,25). The highest BCUT2D eigenvalue weighted by Crippen LogP contribution is 2.25. The number of nitrogens with zero attached hydrogens (tertiary/aromatic N) is 3. The Kier molecular flexibility index (Phi) is 7.09. The Balaban J connectivity index is 1.67. The Bertz CT molecular complexity index is 892. The SMILES string of the molecule is O=C(NCCCn1ccnc1)c1cc(S(=O)(=O)N2CCCCCC2)ccc1Cl. The summed E-state index contributed by atoms with van der Waals surface area (Å²) in [7, 11) is -3.63. The van der Waals surface area contributed by atoms with Gasteiger partial charge in [-0.3, -0.25) is 4.79 Å². The Labute approximate surface area is 170 Å². The summed E-state index contributed by atoms with van der Waals surface area (Å²) in [6.07, 6.45) is 9.80. The first-order valence-corrected chi connectivity index (χ1v) is 11.3. The molecule has 0 bridgehead atoms. The number of carbonyl (C=O) groups excluding carboxylic acids is 1. The maximum absolute atomic E-state index is 13.0. The molecular weight excluding hydrogens is 400 g/mol. The van der Waals surface area contributed by atoms with Gasteiger partial charge in [-0.15, -0.1) is 0 Å². The van der Waals surface area contributed by atoms with Gasteiger partial charge in [0, 0.05) is 38.6 Å². The van der Waals surface area contributed by atoms with Gasteiger partial charge in [0.1, 0.15) is 0 Å². The van der Waals surface area contributed by atoms with E-state index in [2.05, 4.69) is 10.3 Å². The Morgan fingerprint density at radius 3 is 2.61 bits per heavy atom. The molecule has 9 heteroatoms. The molecule has 1 aromatic carbocycles. The molecular formula is C19H25ClN4O3S. The second-order valence-corrected chi connectivity index (χ2v) is 9.22. The lowest BCUT2D eigenvalue weighted by Gasteiger charge is -2.20. The van der Waals surface area contributed by atoms with Crippen LogP contribution in [-0.4, -0.2) is 47.8 Å².